The van der Waals surface area contributed by atoms with Crippen molar-refractivity contribution in [1.82, 2.24) is 24.3 Å². The van der Waals surface area contributed by atoms with Gasteiger partial charge in [0.2, 0.25) is 5.95 Å². The Bertz CT molecular complexity index is 1150. The summed E-state index contributed by atoms with van der Waals surface area (Å²) in [5.74, 6) is 1.57. The van der Waals surface area contributed by atoms with Crippen LogP contribution in [0.3, 0.4) is 0 Å². The van der Waals surface area contributed by atoms with E-state index in [1.165, 1.54) is 0 Å². The summed E-state index contributed by atoms with van der Waals surface area (Å²) in [6.45, 7) is 7.60. The van der Waals surface area contributed by atoms with Crippen LogP contribution in [-0.2, 0) is 4.74 Å². The lowest BCUT2D eigenvalue weighted by Crippen LogP contribution is -2.36. The normalized spacial score (nSPS) is 14.8. The molecule has 0 aromatic carbocycles. The van der Waals surface area contributed by atoms with Crippen LogP contribution in [0.5, 0.6) is 0 Å². The van der Waals surface area contributed by atoms with Crippen molar-refractivity contribution in [2.45, 2.75) is 19.8 Å². The maximum Gasteiger partial charge on any atom is 0.230 e. The van der Waals surface area contributed by atoms with Crippen molar-refractivity contribution in [3.63, 3.8) is 0 Å². The van der Waals surface area contributed by atoms with Gasteiger partial charge in [-0.1, -0.05) is 13.8 Å². The number of anilines is 3. The lowest BCUT2D eigenvalue weighted by molar-refractivity contribution is 0.122. The van der Waals surface area contributed by atoms with Gasteiger partial charge in [0.15, 0.2) is 5.65 Å². The zero-order valence-corrected chi connectivity index (χ0v) is 16.5. The summed E-state index contributed by atoms with van der Waals surface area (Å²) in [5, 5.41) is 4.19. The Balaban J connectivity index is 1.46. The molecule has 1 fully saturated rings. The number of aromatic nitrogens is 5. The maximum atomic E-state index is 5.41. The molecule has 0 bridgehead atoms. The van der Waals surface area contributed by atoms with E-state index in [9.17, 15) is 0 Å². The second kappa shape index (κ2) is 7.29. The number of rotatable bonds is 4. The summed E-state index contributed by atoms with van der Waals surface area (Å²) in [6, 6.07) is 8.01. The zero-order chi connectivity index (χ0) is 19.8. The highest BCUT2D eigenvalue weighted by Gasteiger charge is 2.13. The Morgan fingerprint density at radius 1 is 0.966 bits per heavy atom. The summed E-state index contributed by atoms with van der Waals surface area (Å²) in [6.07, 6.45) is 5.62. The van der Waals surface area contributed by atoms with Crippen LogP contribution in [0.2, 0.25) is 0 Å². The third-order valence-corrected chi connectivity index (χ3v) is 5.19. The second-order valence-electron chi connectivity index (χ2n) is 7.46. The van der Waals surface area contributed by atoms with Gasteiger partial charge < -0.3 is 15.0 Å². The first kappa shape index (κ1) is 17.8. The van der Waals surface area contributed by atoms with E-state index in [1.54, 1.807) is 0 Å². The third kappa shape index (κ3) is 3.36. The molecule has 1 saturated heterocycles. The Kier molecular flexibility index (Phi) is 4.48. The lowest BCUT2D eigenvalue weighted by Gasteiger charge is -2.28. The number of morpholine rings is 1. The monoisotopic (exact) mass is 389 g/mol. The van der Waals surface area contributed by atoms with Crippen LogP contribution >= 0.6 is 0 Å². The van der Waals surface area contributed by atoms with E-state index in [0.717, 1.165) is 54.4 Å². The molecule has 0 unspecified atom stereocenters. The quantitative estimate of drug-likeness (QED) is 0.573. The zero-order valence-electron chi connectivity index (χ0n) is 16.5. The lowest BCUT2D eigenvalue weighted by atomic mass is 10.1. The van der Waals surface area contributed by atoms with Gasteiger partial charge in [-0.3, -0.25) is 4.40 Å². The minimum Gasteiger partial charge on any atom is -0.378 e. The van der Waals surface area contributed by atoms with Gasteiger partial charge in [0.1, 0.15) is 11.5 Å². The molecule has 8 heteroatoms. The molecule has 148 valence electrons. The fourth-order valence-corrected chi connectivity index (χ4v) is 3.62. The van der Waals surface area contributed by atoms with E-state index >= 15 is 0 Å². The minimum absolute atomic E-state index is 0.344. The number of fused-ring (bicyclic) bond motifs is 3. The van der Waals surface area contributed by atoms with Gasteiger partial charge in [-0.2, -0.15) is 4.98 Å². The highest BCUT2D eigenvalue weighted by Crippen LogP contribution is 2.23. The van der Waals surface area contributed by atoms with E-state index in [1.807, 2.05) is 36.8 Å². The Hall–Kier alpha value is -3.26. The standard InChI is InChI=1S/C21H23N7O/c1-14(2)17-13-23-19-6-3-15-11-24-21(26-20(15)28(17)19)25-18-5-4-16(12-22-18)27-7-9-29-10-8-27/h3-6,11-14H,7-10H2,1-2H3,(H,22,24,25,26). The van der Waals surface area contributed by atoms with Crippen molar-refractivity contribution in [3.8, 4) is 0 Å². The summed E-state index contributed by atoms with van der Waals surface area (Å²) < 4.78 is 7.51. The van der Waals surface area contributed by atoms with Gasteiger partial charge in [0.25, 0.3) is 0 Å². The summed E-state index contributed by atoms with van der Waals surface area (Å²) in [4.78, 5) is 20.5. The first-order valence-corrected chi connectivity index (χ1v) is 9.88. The van der Waals surface area contributed by atoms with Gasteiger partial charge in [0, 0.05) is 36.6 Å². The average molecular weight is 389 g/mol. The summed E-state index contributed by atoms with van der Waals surface area (Å²) in [5.41, 5.74) is 3.95. The molecule has 0 spiro atoms. The predicted octanol–water partition coefficient (Wildman–Crippen LogP) is 3.38. The van der Waals surface area contributed by atoms with Gasteiger partial charge >= 0.3 is 0 Å². The molecule has 4 aromatic rings. The predicted molar refractivity (Wildman–Crippen MR) is 113 cm³/mol. The number of imidazole rings is 1. The first-order valence-electron chi connectivity index (χ1n) is 9.88. The Morgan fingerprint density at radius 2 is 1.83 bits per heavy atom. The van der Waals surface area contributed by atoms with Crippen molar-refractivity contribution in [3.05, 3.63) is 48.5 Å². The van der Waals surface area contributed by atoms with E-state index in [0.29, 0.717) is 17.7 Å². The molecule has 5 rings (SSSR count). The minimum atomic E-state index is 0.344. The van der Waals surface area contributed by atoms with Gasteiger partial charge in [-0.15, -0.1) is 0 Å². The van der Waals surface area contributed by atoms with E-state index in [4.69, 9.17) is 9.72 Å². The van der Waals surface area contributed by atoms with Crippen molar-refractivity contribution in [1.29, 1.82) is 0 Å². The number of hydrogen-bond acceptors (Lipinski definition) is 7. The van der Waals surface area contributed by atoms with Crippen LogP contribution in [0, 0.1) is 0 Å². The largest absolute Gasteiger partial charge is 0.378 e. The molecule has 29 heavy (non-hydrogen) atoms. The summed E-state index contributed by atoms with van der Waals surface area (Å²) >= 11 is 0. The van der Waals surface area contributed by atoms with E-state index < -0.39 is 0 Å². The number of ether oxygens (including phenoxy) is 1. The average Bonchev–Trinajstić information content (AvgIpc) is 3.20. The van der Waals surface area contributed by atoms with E-state index in [2.05, 4.69) is 49.5 Å². The molecule has 0 amide bonds. The molecule has 8 nitrogen and oxygen atoms in total. The molecule has 0 saturated carbocycles. The molecular formula is C21H23N7O. The van der Waals surface area contributed by atoms with Crippen molar-refractivity contribution in [2.75, 3.05) is 36.5 Å². The van der Waals surface area contributed by atoms with Crippen molar-refractivity contribution in [2.24, 2.45) is 0 Å². The maximum absolute atomic E-state index is 5.41. The van der Waals surface area contributed by atoms with Crippen LogP contribution in [0.25, 0.3) is 16.7 Å². The number of hydrogen-bond donors (Lipinski definition) is 1. The SMILES string of the molecule is CC(C)c1cnc2ccc3cnc(Nc4ccc(N5CCOCC5)cn4)nc3n12. The van der Waals surface area contributed by atoms with Crippen LogP contribution in [0.1, 0.15) is 25.5 Å². The molecule has 1 aliphatic heterocycles. The summed E-state index contributed by atoms with van der Waals surface area (Å²) in [7, 11) is 0. The van der Waals surface area contributed by atoms with Gasteiger partial charge in [0.05, 0.1) is 25.1 Å². The molecule has 0 atom stereocenters. The van der Waals surface area contributed by atoms with E-state index in [-0.39, 0.29) is 0 Å². The van der Waals surface area contributed by atoms with Crippen LogP contribution in [-0.4, -0.2) is 50.6 Å². The molecule has 0 aliphatic carbocycles. The van der Waals surface area contributed by atoms with Gasteiger partial charge in [-0.05, 0) is 30.2 Å². The molecule has 0 radical (unpaired) electrons. The Labute approximate surface area is 168 Å². The second-order valence-corrected chi connectivity index (χ2v) is 7.46. The molecule has 5 heterocycles. The fourth-order valence-electron chi connectivity index (χ4n) is 3.62. The highest BCUT2D eigenvalue weighted by molar-refractivity contribution is 5.79. The topological polar surface area (TPSA) is 80.5 Å². The number of pyridine rings is 2. The highest BCUT2D eigenvalue weighted by atomic mass is 16.5. The Morgan fingerprint density at radius 3 is 2.59 bits per heavy atom. The van der Waals surface area contributed by atoms with Crippen molar-refractivity contribution < 1.29 is 4.74 Å². The van der Waals surface area contributed by atoms with Crippen molar-refractivity contribution >= 4 is 34.1 Å². The molecule has 1 aliphatic rings. The smallest absolute Gasteiger partial charge is 0.230 e. The molecular weight excluding hydrogens is 366 g/mol. The first-order chi connectivity index (χ1) is 14.2. The van der Waals surface area contributed by atoms with Crippen LogP contribution in [0.15, 0.2) is 42.9 Å². The third-order valence-electron chi connectivity index (χ3n) is 5.19. The molecule has 1 N–H and O–H groups in total. The number of nitrogens with one attached hydrogen (secondary N) is 1. The fraction of sp³-hybridized carbons (Fsp3) is 0.333. The van der Waals surface area contributed by atoms with Gasteiger partial charge in [-0.25, -0.2) is 15.0 Å². The van der Waals surface area contributed by atoms with Crippen LogP contribution in [0.4, 0.5) is 17.5 Å². The number of nitrogens with zero attached hydrogens (tertiary/aromatic N) is 6. The van der Waals surface area contributed by atoms with Crippen LogP contribution < -0.4 is 10.2 Å². The molecule has 4 aromatic heterocycles.